The van der Waals surface area contributed by atoms with Crippen LogP contribution in [0, 0.1) is 0 Å². The van der Waals surface area contributed by atoms with Crippen LogP contribution in [0.5, 0.6) is 11.5 Å². The number of carbonyl (C=O) groups is 1. The fourth-order valence-corrected chi connectivity index (χ4v) is 5.05. The summed E-state index contributed by atoms with van der Waals surface area (Å²) in [6.45, 7) is 0.522. The summed E-state index contributed by atoms with van der Waals surface area (Å²) in [7, 11) is 0.559. The van der Waals surface area contributed by atoms with Crippen LogP contribution in [0.3, 0.4) is 0 Å². The molecule has 0 aliphatic carbocycles. The Kier molecular flexibility index (Phi) is 8.24. The van der Waals surface area contributed by atoms with Crippen LogP contribution in [-0.4, -0.2) is 47.9 Å². The Bertz CT molecular complexity index is 1180. The van der Waals surface area contributed by atoms with E-state index in [1.165, 1.54) is 33.4 Å². The van der Waals surface area contributed by atoms with Gasteiger partial charge in [0.05, 0.1) is 24.8 Å². The maximum Gasteiger partial charge on any atom is 0.264 e. The van der Waals surface area contributed by atoms with E-state index in [0.29, 0.717) is 29.3 Å². The van der Waals surface area contributed by atoms with Gasteiger partial charge in [-0.3, -0.25) is 9.10 Å². The number of nitrogens with zero attached hydrogens (tertiary/aromatic N) is 1. The molecule has 7 nitrogen and oxygen atoms in total. The van der Waals surface area contributed by atoms with Crippen LogP contribution < -0.4 is 19.1 Å². The Morgan fingerprint density at radius 2 is 1.61 bits per heavy atom. The fraction of sp³-hybridized carbons (Fsp3) is 0.208. The number of hydrogen-bond donors (Lipinski definition) is 1. The number of carbonyl (C=O) groups excluding carboxylic acids is 1. The normalized spacial score (nSPS) is 11.0. The number of ether oxygens (including phenoxy) is 2. The Labute approximate surface area is 198 Å². The van der Waals surface area contributed by atoms with E-state index < -0.39 is 10.0 Å². The molecule has 0 unspecified atom stereocenters. The molecule has 1 N–H and O–H groups in total. The number of benzene rings is 3. The van der Waals surface area contributed by atoms with Crippen molar-refractivity contribution in [2.75, 3.05) is 37.9 Å². The molecule has 33 heavy (non-hydrogen) atoms. The molecule has 9 heteroatoms. The van der Waals surface area contributed by atoms with E-state index in [2.05, 4.69) is 5.32 Å². The van der Waals surface area contributed by atoms with Crippen molar-refractivity contribution in [3.05, 3.63) is 78.4 Å². The minimum absolute atomic E-state index is 0.0698. The van der Waals surface area contributed by atoms with Gasteiger partial charge in [0.15, 0.2) is 11.5 Å². The molecule has 3 rings (SSSR count). The van der Waals surface area contributed by atoms with E-state index in [9.17, 15) is 13.2 Å². The largest absolute Gasteiger partial charge is 0.493 e. The molecule has 0 bridgehead atoms. The lowest BCUT2D eigenvalue weighted by Gasteiger charge is -2.20. The van der Waals surface area contributed by atoms with Crippen molar-refractivity contribution in [1.29, 1.82) is 0 Å². The lowest BCUT2D eigenvalue weighted by molar-refractivity contribution is 0.0956. The predicted octanol–water partition coefficient (Wildman–Crippen LogP) is 4.05. The number of hydrogen-bond acceptors (Lipinski definition) is 6. The van der Waals surface area contributed by atoms with E-state index in [4.69, 9.17) is 9.47 Å². The first-order valence-electron chi connectivity index (χ1n) is 10.1. The molecule has 3 aromatic rings. The summed E-state index contributed by atoms with van der Waals surface area (Å²) in [6.07, 6.45) is 0. The van der Waals surface area contributed by atoms with Crippen LogP contribution in [-0.2, 0) is 10.0 Å². The highest BCUT2D eigenvalue weighted by molar-refractivity contribution is 7.99. The van der Waals surface area contributed by atoms with Gasteiger partial charge in [0.2, 0.25) is 0 Å². The summed E-state index contributed by atoms with van der Waals surface area (Å²) in [5.74, 6) is 1.31. The molecule has 0 atom stereocenters. The van der Waals surface area contributed by atoms with Crippen molar-refractivity contribution in [1.82, 2.24) is 5.32 Å². The van der Waals surface area contributed by atoms with Gasteiger partial charge in [-0.1, -0.05) is 18.2 Å². The molecule has 0 spiro atoms. The highest BCUT2D eigenvalue weighted by Crippen LogP contribution is 2.31. The summed E-state index contributed by atoms with van der Waals surface area (Å²) in [5.41, 5.74) is 0.890. The molecule has 0 heterocycles. The Hall–Kier alpha value is -3.17. The van der Waals surface area contributed by atoms with Crippen LogP contribution in [0.4, 0.5) is 5.69 Å². The highest BCUT2D eigenvalue weighted by atomic mass is 32.2. The molecule has 3 aromatic carbocycles. The smallest absolute Gasteiger partial charge is 0.264 e. The van der Waals surface area contributed by atoms with Crippen LogP contribution >= 0.6 is 11.8 Å². The van der Waals surface area contributed by atoms with E-state index >= 15 is 0 Å². The third kappa shape index (κ3) is 6.00. The van der Waals surface area contributed by atoms with Gasteiger partial charge < -0.3 is 14.8 Å². The second-order valence-corrected chi connectivity index (χ2v) is 10.1. The second kappa shape index (κ2) is 11.1. The zero-order valence-corrected chi connectivity index (χ0v) is 20.3. The second-order valence-electron chi connectivity index (χ2n) is 6.95. The molecule has 0 aliphatic heterocycles. The van der Waals surface area contributed by atoms with Gasteiger partial charge in [-0.2, -0.15) is 0 Å². The summed E-state index contributed by atoms with van der Waals surface area (Å²) >= 11 is 1.66. The lowest BCUT2D eigenvalue weighted by Crippen LogP contribution is -2.27. The quantitative estimate of drug-likeness (QED) is 0.344. The molecule has 0 aliphatic rings. The first-order chi connectivity index (χ1) is 15.9. The SMILES string of the molecule is COc1ccc(S(=O)(=O)N(C)c2ccc(C(=O)NCCSc3ccccc3)cc2)cc1OC. The Morgan fingerprint density at radius 3 is 2.24 bits per heavy atom. The summed E-state index contributed by atoms with van der Waals surface area (Å²) < 4.78 is 37.7. The van der Waals surface area contributed by atoms with Crippen LogP contribution in [0.25, 0.3) is 0 Å². The number of sulfonamides is 1. The van der Waals surface area contributed by atoms with Gasteiger partial charge in [-0.05, 0) is 48.5 Å². The molecule has 0 saturated carbocycles. The number of nitrogens with one attached hydrogen (secondary N) is 1. The fourth-order valence-electron chi connectivity index (χ4n) is 3.05. The zero-order valence-electron chi connectivity index (χ0n) is 18.6. The number of rotatable bonds is 10. The van der Waals surface area contributed by atoms with Gasteiger partial charge in [-0.25, -0.2) is 8.42 Å². The van der Waals surface area contributed by atoms with Crippen LogP contribution in [0.15, 0.2) is 82.6 Å². The van der Waals surface area contributed by atoms with E-state index in [0.717, 1.165) is 15.0 Å². The van der Waals surface area contributed by atoms with Crippen LogP contribution in [0.1, 0.15) is 10.4 Å². The average molecular weight is 487 g/mol. The Balaban J connectivity index is 1.63. The van der Waals surface area contributed by atoms with Crippen molar-refractivity contribution in [3.8, 4) is 11.5 Å². The van der Waals surface area contributed by atoms with Gasteiger partial charge in [-0.15, -0.1) is 11.8 Å². The maximum absolute atomic E-state index is 13.1. The maximum atomic E-state index is 13.1. The van der Waals surface area contributed by atoms with Crippen LogP contribution in [0.2, 0.25) is 0 Å². The zero-order chi connectivity index (χ0) is 23.8. The van der Waals surface area contributed by atoms with E-state index in [1.807, 2.05) is 30.3 Å². The third-order valence-corrected chi connectivity index (χ3v) is 7.70. The average Bonchev–Trinajstić information content (AvgIpc) is 2.86. The number of amides is 1. The molecular weight excluding hydrogens is 460 g/mol. The molecule has 174 valence electrons. The minimum Gasteiger partial charge on any atom is -0.493 e. The van der Waals surface area contributed by atoms with Crippen molar-refractivity contribution in [2.24, 2.45) is 0 Å². The predicted molar refractivity (Wildman–Crippen MR) is 131 cm³/mol. The van der Waals surface area contributed by atoms with E-state index in [-0.39, 0.29) is 10.8 Å². The first kappa shape index (κ1) is 24.5. The highest BCUT2D eigenvalue weighted by Gasteiger charge is 2.23. The first-order valence-corrected chi connectivity index (χ1v) is 12.6. The number of methoxy groups -OCH3 is 2. The van der Waals surface area contributed by atoms with Gasteiger partial charge >= 0.3 is 0 Å². The van der Waals surface area contributed by atoms with Gasteiger partial charge in [0, 0.05) is 35.9 Å². The molecule has 0 fully saturated rings. The standard InChI is InChI=1S/C24H26N2O5S2/c1-26(33(28,29)21-13-14-22(30-2)23(17-21)31-3)19-11-9-18(10-12-19)24(27)25-15-16-32-20-7-5-4-6-8-20/h4-14,17H,15-16H2,1-3H3,(H,25,27). The summed E-state index contributed by atoms with van der Waals surface area (Å²) in [6, 6.07) is 20.8. The molecule has 0 radical (unpaired) electrons. The van der Waals surface area contributed by atoms with Crippen molar-refractivity contribution < 1.29 is 22.7 Å². The van der Waals surface area contributed by atoms with Gasteiger partial charge in [0.25, 0.3) is 15.9 Å². The third-order valence-electron chi connectivity index (χ3n) is 4.91. The molecular formula is C24H26N2O5S2. The molecule has 0 aromatic heterocycles. The topological polar surface area (TPSA) is 84.9 Å². The minimum atomic E-state index is -3.83. The van der Waals surface area contributed by atoms with Crippen molar-refractivity contribution >= 4 is 33.4 Å². The van der Waals surface area contributed by atoms with E-state index in [1.54, 1.807) is 42.1 Å². The molecule has 1 amide bonds. The number of thioether (sulfide) groups is 1. The van der Waals surface area contributed by atoms with Crippen molar-refractivity contribution in [3.63, 3.8) is 0 Å². The summed E-state index contributed by atoms with van der Waals surface area (Å²) in [5, 5.41) is 2.88. The van der Waals surface area contributed by atoms with Crippen molar-refractivity contribution in [2.45, 2.75) is 9.79 Å². The summed E-state index contributed by atoms with van der Waals surface area (Å²) in [4.78, 5) is 13.6. The lowest BCUT2D eigenvalue weighted by atomic mass is 10.2. The van der Waals surface area contributed by atoms with Gasteiger partial charge in [0.1, 0.15) is 0 Å². The monoisotopic (exact) mass is 486 g/mol. The number of anilines is 1. The molecule has 0 saturated heterocycles. The Morgan fingerprint density at radius 1 is 0.939 bits per heavy atom.